The van der Waals surface area contributed by atoms with Gasteiger partial charge in [0.2, 0.25) is 0 Å². The monoisotopic (exact) mass is 263 g/mol. The lowest BCUT2D eigenvalue weighted by atomic mass is 10.3. The quantitative estimate of drug-likeness (QED) is 0.474. The maximum absolute atomic E-state index is 5.53. The first-order valence-corrected chi connectivity index (χ1v) is 10.1. The molecule has 1 aromatic carbocycles. The van der Waals surface area contributed by atoms with Gasteiger partial charge in [-0.15, -0.1) is 23.3 Å². The van der Waals surface area contributed by atoms with E-state index in [2.05, 4.69) is 41.8 Å². The second kappa shape index (κ2) is 4.62. The number of para-hydroxylation sites is 1. The van der Waals surface area contributed by atoms with Crippen molar-refractivity contribution in [3.63, 3.8) is 0 Å². The number of hydrogen-bond acceptors (Lipinski definition) is 3. The zero-order valence-electron chi connectivity index (χ0n) is 9.36. The van der Waals surface area contributed by atoms with Crippen LogP contribution in [0, 0.1) is 12.0 Å². The highest BCUT2D eigenvalue weighted by atomic mass is 32.2. The minimum absolute atomic E-state index is 1.04. The van der Waals surface area contributed by atoms with E-state index in [0.717, 1.165) is 15.2 Å². The molecule has 0 fully saturated rings. The van der Waals surface area contributed by atoms with Crippen LogP contribution in [0.5, 0.6) is 0 Å². The molecule has 1 nitrogen and oxygen atoms in total. The fraction of sp³-hybridized carbons (Fsp3) is 0.250. The summed E-state index contributed by atoms with van der Waals surface area (Å²) in [6, 6.07) is 8.24. The molecular formula is C12H13NS2Si. The van der Waals surface area contributed by atoms with Crippen molar-refractivity contribution in [2.24, 2.45) is 0 Å². The molecule has 0 aliphatic heterocycles. The standard InChI is InChI=1S/C12H13NS2Si/c1-4-16(2,3)9-14-12-13-10-7-5-6-8-11(10)15-12/h1,5-8H,9H2,2-3H3. The molecule has 0 bridgehead atoms. The van der Waals surface area contributed by atoms with Gasteiger partial charge in [0.05, 0.1) is 10.2 Å². The van der Waals surface area contributed by atoms with E-state index in [4.69, 9.17) is 6.42 Å². The molecule has 0 amide bonds. The van der Waals surface area contributed by atoms with Crippen molar-refractivity contribution in [1.82, 2.24) is 4.98 Å². The van der Waals surface area contributed by atoms with Gasteiger partial charge in [-0.3, -0.25) is 0 Å². The van der Waals surface area contributed by atoms with Gasteiger partial charge in [0.25, 0.3) is 0 Å². The molecule has 1 aromatic heterocycles. The maximum atomic E-state index is 5.53. The van der Waals surface area contributed by atoms with E-state index in [-0.39, 0.29) is 0 Å². The van der Waals surface area contributed by atoms with Crippen LogP contribution in [0.2, 0.25) is 13.1 Å². The topological polar surface area (TPSA) is 12.9 Å². The molecule has 4 heteroatoms. The Bertz CT molecular complexity index is 506. The molecular weight excluding hydrogens is 250 g/mol. The van der Waals surface area contributed by atoms with Gasteiger partial charge in [0, 0.05) is 5.38 Å². The summed E-state index contributed by atoms with van der Waals surface area (Å²) in [5.74, 6) is 0. The molecule has 2 rings (SSSR count). The van der Waals surface area contributed by atoms with E-state index in [1.807, 2.05) is 6.07 Å². The van der Waals surface area contributed by atoms with Crippen molar-refractivity contribution in [3.05, 3.63) is 24.3 Å². The van der Waals surface area contributed by atoms with E-state index >= 15 is 0 Å². The van der Waals surface area contributed by atoms with Crippen LogP contribution in [0.25, 0.3) is 10.2 Å². The van der Waals surface area contributed by atoms with Gasteiger partial charge in [-0.1, -0.05) is 37.0 Å². The van der Waals surface area contributed by atoms with Crippen molar-refractivity contribution in [2.45, 2.75) is 17.4 Å². The third kappa shape index (κ3) is 2.67. The SMILES string of the molecule is C#C[Si](C)(C)CSc1nc2ccccc2s1. The summed E-state index contributed by atoms with van der Waals surface area (Å²) in [4.78, 5) is 4.59. The Morgan fingerprint density at radius 3 is 2.88 bits per heavy atom. The molecule has 2 aromatic rings. The Kier molecular flexibility index (Phi) is 3.38. The largest absolute Gasteiger partial charge is 0.230 e. The van der Waals surface area contributed by atoms with E-state index in [1.54, 1.807) is 23.1 Å². The predicted molar refractivity (Wildman–Crippen MR) is 76.7 cm³/mol. The molecule has 82 valence electrons. The second-order valence-corrected chi connectivity index (χ2v) is 11.4. The van der Waals surface area contributed by atoms with E-state index < -0.39 is 8.07 Å². The zero-order chi connectivity index (χ0) is 11.6. The Hall–Kier alpha value is -0.763. The van der Waals surface area contributed by atoms with Crippen molar-refractivity contribution in [3.8, 4) is 12.0 Å². The molecule has 0 aliphatic carbocycles. The maximum Gasteiger partial charge on any atom is 0.150 e. The minimum atomic E-state index is -1.45. The summed E-state index contributed by atoms with van der Waals surface area (Å²) in [5.41, 5.74) is 4.03. The van der Waals surface area contributed by atoms with Crippen molar-refractivity contribution in [2.75, 3.05) is 5.38 Å². The molecule has 0 radical (unpaired) electrons. The van der Waals surface area contributed by atoms with Crippen LogP contribution in [0.1, 0.15) is 0 Å². The summed E-state index contributed by atoms with van der Waals surface area (Å²) in [7, 11) is -1.45. The lowest BCUT2D eigenvalue weighted by molar-refractivity contribution is 1.31. The zero-order valence-corrected chi connectivity index (χ0v) is 12.0. The van der Waals surface area contributed by atoms with Crippen molar-refractivity contribution in [1.29, 1.82) is 0 Å². The number of hydrogen-bond donors (Lipinski definition) is 0. The predicted octanol–water partition coefficient (Wildman–Crippen LogP) is 3.81. The Morgan fingerprint density at radius 1 is 1.44 bits per heavy atom. The van der Waals surface area contributed by atoms with E-state index in [1.165, 1.54) is 4.70 Å². The van der Waals surface area contributed by atoms with Gasteiger partial charge >= 0.3 is 0 Å². The average Bonchev–Trinajstić information content (AvgIpc) is 2.69. The summed E-state index contributed by atoms with van der Waals surface area (Å²) in [6.45, 7) is 4.43. The Morgan fingerprint density at radius 2 is 2.19 bits per heavy atom. The minimum Gasteiger partial charge on any atom is -0.230 e. The van der Waals surface area contributed by atoms with Crippen molar-refractivity contribution >= 4 is 41.4 Å². The molecule has 0 spiro atoms. The van der Waals surface area contributed by atoms with Crippen LogP contribution in [0.3, 0.4) is 0 Å². The van der Waals surface area contributed by atoms with Crippen LogP contribution < -0.4 is 0 Å². The summed E-state index contributed by atoms with van der Waals surface area (Å²) < 4.78 is 2.39. The number of aromatic nitrogens is 1. The number of thiazole rings is 1. The van der Waals surface area contributed by atoms with Gasteiger partial charge in [-0.25, -0.2) is 4.98 Å². The molecule has 0 saturated heterocycles. The van der Waals surface area contributed by atoms with Gasteiger partial charge in [0.15, 0.2) is 4.34 Å². The first kappa shape index (κ1) is 11.7. The lowest BCUT2D eigenvalue weighted by Crippen LogP contribution is -2.27. The molecule has 0 atom stereocenters. The van der Waals surface area contributed by atoms with E-state index in [9.17, 15) is 0 Å². The smallest absolute Gasteiger partial charge is 0.150 e. The number of thioether (sulfide) groups is 1. The van der Waals surface area contributed by atoms with Crippen molar-refractivity contribution < 1.29 is 0 Å². The van der Waals surface area contributed by atoms with Gasteiger partial charge < -0.3 is 0 Å². The van der Waals surface area contributed by atoms with E-state index in [0.29, 0.717) is 0 Å². The number of rotatable bonds is 3. The highest BCUT2D eigenvalue weighted by Gasteiger charge is 2.18. The highest BCUT2D eigenvalue weighted by Crippen LogP contribution is 2.30. The van der Waals surface area contributed by atoms with Gasteiger partial charge in [-0.05, 0) is 12.1 Å². The molecule has 0 aliphatic rings. The second-order valence-electron chi connectivity index (χ2n) is 4.26. The number of nitrogens with zero attached hydrogens (tertiary/aromatic N) is 1. The summed E-state index contributed by atoms with van der Waals surface area (Å²) in [5, 5.41) is 1.04. The fourth-order valence-electron chi connectivity index (χ4n) is 1.20. The summed E-state index contributed by atoms with van der Waals surface area (Å²) in [6.07, 6.45) is 5.53. The highest BCUT2D eigenvalue weighted by molar-refractivity contribution is 8.02. The normalized spacial score (nSPS) is 11.6. The molecule has 1 heterocycles. The van der Waals surface area contributed by atoms with Gasteiger partial charge in [-0.2, -0.15) is 0 Å². The van der Waals surface area contributed by atoms with Crippen LogP contribution in [0.4, 0.5) is 0 Å². The fourth-order valence-corrected chi connectivity index (χ4v) is 5.36. The summed E-state index contributed by atoms with van der Waals surface area (Å²) >= 11 is 3.56. The number of fused-ring (bicyclic) bond motifs is 1. The first-order valence-electron chi connectivity index (χ1n) is 5.07. The molecule has 0 saturated carbocycles. The Labute approximate surface area is 105 Å². The molecule has 0 N–H and O–H groups in total. The average molecular weight is 263 g/mol. The van der Waals surface area contributed by atoms with Crippen LogP contribution in [-0.2, 0) is 0 Å². The van der Waals surface area contributed by atoms with Crippen LogP contribution in [-0.4, -0.2) is 18.4 Å². The molecule has 0 unspecified atom stereocenters. The first-order chi connectivity index (χ1) is 7.61. The Balaban J connectivity index is 2.14. The number of benzene rings is 1. The van der Waals surface area contributed by atoms with Gasteiger partial charge in [0.1, 0.15) is 8.07 Å². The number of terminal acetylenes is 1. The van der Waals surface area contributed by atoms with Crippen LogP contribution in [0.15, 0.2) is 28.6 Å². The third-order valence-corrected chi connectivity index (χ3v) is 8.24. The third-order valence-electron chi connectivity index (χ3n) is 2.22. The van der Waals surface area contributed by atoms with Crippen LogP contribution >= 0.6 is 23.1 Å². The molecule has 16 heavy (non-hydrogen) atoms. The lowest BCUT2D eigenvalue weighted by Gasteiger charge is -2.11.